The van der Waals surface area contributed by atoms with E-state index in [9.17, 15) is 13.2 Å². The minimum absolute atomic E-state index is 0.0207. The molecule has 2 aromatic rings. The molecule has 4 nitrogen and oxygen atoms in total. The first-order chi connectivity index (χ1) is 9.68. The van der Waals surface area contributed by atoms with Gasteiger partial charge in [0.1, 0.15) is 0 Å². The van der Waals surface area contributed by atoms with Crippen molar-refractivity contribution >= 4 is 40.4 Å². The van der Waals surface area contributed by atoms with Crippen LogP contribution in [0.4, 0.5) is 30.4 Å². The second-order valence-electron chi connectivity index (χ2n) is 4.16. The van der Waals surface area contributed by atoms with Crippen LogP contribution in [-0.4, -0.2) is 9.97 Å². The monoisotopic (exact) mass is 336 g/mol. The predicted molar refractivity (Wildman–Crippen MR) is 75.9 cm³/mol. The molecular weight excluding hydrogens is 328 g/mol. The van der Waals surface area contributed by atoms with Gasteiger partial charge in [0.15, 0.2) is 5.82 Å². The van der Waals surface area contributed by atoms with Gasteiger partial charge in [-0.25, -0.2) is 4.98 Å². The molecule has 0 aliphatic heterocycles. The maximum Gasteiger partial charge on any atom is 0.416 e. The number of nitrogen functional groups attached to an aromatic ring is 1. The van der Waals surface area contributed by atoms with Crippen molar-refractivity contribution in [3.8, 4) is 0 Å². The SMILES string of the molecule is Cc1nc(Cl)nc(Nc2cc(C(F)(F)F)ccc2Cl)c1N. The second-order valence-corrected chi connectivity index (χ2v) is 4.90. The summed E-state index contributed by atoms with van der Waals surface area (Å²) in [6.45, 7) is 1.60. The third-order valence-electron chi connectivity index (χ3n) is 2.66. The van der Waals surface area contributed by atoms with Crippen molar-refractivity contribution < 1.29 is 13.2 Å². The van der Waals surface area contributed by atoms with Crippen LogP contribution in [0.5, 0.6) is 0 Å². The van der Waals surface area contributed by atoms with Crippen molar-refractivity contribution in [1.82, 2.24) is 9.97 Å². The van der Waals surface area contributed by atoms with E-state index in [1.807, 2.05) is 0 Å². The van der Waals surface area contributed by atoms with Crippen LogP contribution in [0, 0.1) is 6.92 Å². The number of halogens is 5. The van der Waals surface area contributed by atoms with Gasteiger partial charge in [0.2, 0.25) is 5.28 Å². The van der Waals surface area contributed by atoms with Gasteiger partial charge < -0.3 is 11.1 Å². The Morgan fingerprint density at radius 3 is 2.48 bits per heavy atom. The lowest BCUT2D eigenvalue weighted by Crippen LogP contribution is -2.07. The van der Waals surface area contributed by atoms with Crippen LogP contribution in [0.25, 0.3) is 0 Å². The first-order valence-corrected chi connectivity index (χ1v) is 6.37. The molecule has 0 radical (unpaired) electrons. The number of nitrogens with one attached hydrogen (secondary N) is 1. The Balaban J connectivity index is 2.45. The zero-order chi connectivity index (χ0) is 15.8. The summed E-state index contributed by atoms with van der Waals surface area (Å²) in [5.41, 5.74) is 5.52. The molecule has 21 heavy (non-hydrogen) atoms. The fourth-order valence-electron chi connectivity index (χ4n) is 1.57. The molecular formula is C12H9Cl2F3N4. The molecule has 0 saturated carbocycles. The standard InChI is InChI=1S/C12H9Cl2F3N4/c1-5-9(18)10(21-11(14)19-5)20-8-4-6(12(15,16)17)2-3-7(8)13/h2-4H,18H2,1H3,(H,19,20,21). The van der Waals surface area contributed by atoms with Gasteiger partial charge in [-0.15, -0.1) is 0 Å². The van der Waals surface area contributed by atoms with Gasteiger partial charge in [0, 0.05) is 0 Å². The average molecular weight is 337 g/mol. The number of hydrogen-bond donors (Lipinski definition) is 2. The lowest BCUT2D eigenvalue weighted by atomic mass is 10.2. The van der Waals surface area contributed by atoms with Crippen LogP contribution in [0.2, 0.25) is 10.3 Å². The topological polar surface area (TPSA) is 63.8 Å². The van der Waals surface area contributed by atoms with E-state index >= 15 is 0 Å². The molecule has 0 aliphatic carbocycles. The molecule has 112 valence electrons. The first-order valence-electron chi connectivity index (χ1n) is 5.62. The minimum atomic E-state index is -4.48. The Morgan fingerprint density at radius 1 is 1.19 bits per heavy atom. The molecule has 0 unspecified atom stereocenters. The highest BCUT2D eigenvalue weighted by atomic mass is 35.5. The smallest absolute Gasteiger partial charge is 0.394 e. The van der Waals surface area contributed by atoms with Crippen LogP contribution in [-0.2, 0) is 6.18 Å². The number of alkyl halides is 3. The summed E-state index contributed by atoms with van der Waals surface area (Å²) in [6.07, 6.45) is -4.48. The summed E-state index contributed by atoms with van der Waals surface area (Å²) in [4.78, 5) is 7.67. The summed E-state index contributed by atoms with van der Waals surface area (Å²) in [5.74, 6) is 0.0914. The van der Waals surface area contributed by atoms with Crippen LogP contribution in [0.3, 0.4) is 0 Å². The van der Waals surface area contributed by atoms with E-state index in [1.165, 1.54) is 0 Å². The number of aryl methyl sites for hydroxylation is 1. The van der Waals surface area contributed by atoms with Crippen molar-refractivity contribution in [3.63, 3.8) is 0 Å². The first kappa shape index (κ1) is 15.7. The molecule has 3 N–H and O–H groups in total. The largest absolute Gasteiger partial charge is 0.416 e. The maximum absolute atomic E-state index is 12.7. The van der Waals surface area contributed by atoms with Gasteiger partial charge in [0.25, 0.3) is 0 Å². The summed E-state index contributed by atoms with van der Waals surface area (Å²) in [6, 6.07) is 2.89. The zero-order valence-electron chi connectivity index (χ0n) is 10.6. The third kappa shape index (κ3) is 3.48. The molecule has 0 bridgehead atoms. The van der Waals surface area contributed by atoms with Gasteiger partial charge in [-0.2, -0.15) is 18.2 Å². The average Bonchev–Trinajstić information content (AvgIpc) is 2.36. The number of nitrogens with zero attached hydrogens (tertiary/aromatic N) is 2. The molecule has 2 rings (SSSR count). The Hall–Kier alpha value is -1.73. The van der Waals surface area contributed by atoms with Crippen molar-refractivity contribution in [3.05, 3.63) is 39.8 Å². The van der Waals surface area contributed by atoms with Crippen molar-refractivity contribution in [2.45, 2.75) is 13.1 Å². The van der Waals surface area contributed by atoms with Crippen molar-refractivity contribution in [2.24, 2.45) is 0 Å². The van der Waals surface area contributed by atoms with Gasteiger partial charge in [-0.1, -0.05) is 11.6 Å². The maximum atomic E-state index is 12.7. The highest BCUT2D eigenvalue weighted by Crippen LogP contribution is 2.35. The van der Waals surface area contributed by atoms with E-state index in [-0.39, 0.29) is 27.5 Å². The van der Waals surface area contributed by atoms with E-state index in [1.54, 1.807) is 6.92 Å². The Morgan fingerprint density at radius 2 is 1.86 bits per heavy atom. The molecule has 0 amide bonds. The molecule has 1 aromatic carbocycles. The van der Waals surface area contributed by atoms with E-state index in [2.05, 4.69) is 15.3 Å². The summed E-state index contributed by atoms with van der Waals surface area (Å²) >= 11 is 11.6. The van der Waals surface area contributed by atoms with E-state index in [0.717, 1.165) is 18.2 Å². The van der Waals surface area contributed by atoms with Crippen LogP contribution in [0.1, 0.15) is 11.3 Å². The minimum Gasteiger partial charge on any atom is -0.394 e. The van der Waals surface area contributed by atoms with Gasteiger partial charge in [-0.05, 0) is 36.7 Å². The number of aromatic nitrogens is 2. The highest BCUT2D eigenvalue weighted by molar-refractivity contribution is 6.33. The summed E-state index contributed by atoms with van der Waals surface area (Å²) < 4.78 is 38.1. The molecule has 0 saturated heterocycles. The van der Waals surface area contributed by atoms with E-state index < -0.39 is 11.7 Å². The third-order valence-corrected chi connectivity index (χ3v) is 3.15. The van der Waals surface area contributed by atoms with Gasteiger partial charge in [0.05, 0.1) is 27.7 Å². The Labute approximate surface area is 128 Å². The van der Waals surface area contributed by atoms with Crippen molar-refractivity contribution in [2.75, 3.05) is 11.1 Å². The number of anilines is 3. The Kier molecular flexibility index (Phi) is 4.15. The molecule has 0 aliphatic rings. The quantitative estimate of drug-likeness (QED) is 0.796. The van der Waals surface area contributed by atoms with Gasteiger partial charge in [-0.3, -0.25) is 0 Å². The normalized spacial score (nSPS) is 11.5. The summed E-state index contributed by atoms with van der Waals surface area (Å²) in [5, 5.41) is 2.66. The molecule has 1 aromatic heterocycles. The lowest BCUT2D eigenvalue weighted by molar-refractivity contribution is -0.137. The number of nitrogens with two attached hydrogens (primary N) is 1. The predicted octanol–water partition coefficient (Wildman–Crippen LogP) is 4.44. The van der Waals surface area contributed by atoms with E-state index in [0.29, 0.717) is 5.69 Å². The number of rotatable bonds is 2. The fraction of sp³-hybridized carbons (Fsp3) is 0.167. The van der Waals surface area contributed by atoms with Crippen LogP contribution in [0.15, 0.2) is 18.2 Å². The zero-order valence-corrected chi connectivity index (χ0v) is 12.1. The highest BCUT2D eigenvalue weighted by Gasteiger charge is 2.31. The summed E-state index contributed by atoms with van der Waals surface area (Å²) in [7, 11) is 0. The molecule has 0 fully saturated rings. The van der Waals surface area contributed by atoms with Crippen LogP contribution >= 0.6 is 23.2 Å². The van der Waals surface area contributed by atoms with Gasteiger partial charge >= 0.3 is 6.18 Å². The van der Waals surface area contributed by atoms with Crippen LogP contribution < -0.4 is 11.1 Å². The van der Waals surface area contributed by atoms with E-state index in [4.69, 9.17) is 28.9 Å². The second kappa shape index (κ2) is 5.57. The molecule has 9 heteroatoms. The lowest BCUT2D eigenvalue weighted by Gasteiger charge is -2.14. The fourth-order valence-corrected chi connectivity index (χ4v) is 1.94. The molecule has 1 heterocycles. The van der Waals surface area contributed by atoms with Crippen molar-refractivity contribution in [1.29, 1.82) is 0 Å². The Bertz CT molecular complexity index is 689. The molecule has 0 spiro atoms. The molecule has 0 atom stereocenters. The number of hydrogen-bond acceptors (Lipinski definition) is 4. The number of benzene rings is 1.